The molecule has 0 unspecified atom stereocenters. The number of hydrogen-bond acceptors (Lipinski definition) is 6. The van der Waals surface area contributed by atoms with Gasteiger partial charge in [0.05, 0.1) is 5.69 Å². The molecule has 0 atom stereocenters. The number of nitrogens with zero attached hydrogens (tertiary/aromatic N) is 4. The van der Waals surface area contributed by atoms with Crippen LogP contribution in [0.4, 0.5) is 0 Å². The quantitative estimate of drug-likeness (QED) is 0.837. The maximum Gasteiger partial charge on any atom is 0.300 e. The topological polar surface area (TPSA) is 78.9 Å². The SMILES string of the molecule is Cc1cc(Oc2nnc(CN)s2)n(C)n1. The van der Waals surface area contributed by atoms with Gasteiger partial charge in [-0.1, -0.05) is 16.4 Å². The van der Waals surface area contributed by atoms with Crippen LogP contribution in [0.2, 0.25) is 0 Å². The average molecular weight is 225 g/mol. The van der Waals surface area contributed by atoms with E-state index in [1.54, 1.807) is 4.68 Å². The third kappa shape index (κ3) is 2.13. The molecular weight excluding hydrogens is 214 g/mol. The van der Waals surface area contributed by atoms with Gasteiger partial charge in [0.2, 0.25) is 5.88 Å². The zero-order chi connectivity index (χ0) is 10.8. The first-order valence-corrected chi connectivity index (χ1v) is 5.21. The van der Waals surface area contributed by atoms with Crippen molar-refractivity contribution in [2.75, 3.05) is 0 Å². The maximum absolute atomic E-state index is 5.50. The highest BCUT2D eigenvalue weighted by molar-refractivity contribution is 7.13. The summed E-state index contributed by atoms with van der Waals surface area (Å²) in [5.41, 5.74) is 6.32. The van der Waals surface area contributed by atoms with Crippen molar-refractivity contribution in [2.45, 2.75) is 13.5 Å². The third-order valence-electron chi connectivity index (χ3n) is 1.77. The molecule has 0 saturated carbocycles. The van der Waals surface area contributed by atoms with Crippen molar-refractivity contribution in [1.29, 1.82) is 0 Å². The van der Waals surface area contributed by atoms with E-state index in [0.29, 0.717) is 17.6 Å². The number of rotatable bonds is 3. The van der Waals surface area contributed by atoms with Crippen LogP contribution in [0.1, 0.15) is 10.7 Å². The molecular formula is C8H11N5OS. The number of hydrogen-bond donors (Lipinski definition) is 1. The van der Waals surface area contributed by atoms with Crippen LogP contribution in [0.5, 0.6) is 11.1 Å². The predicted molar refractivity (Wildman–Crippen MR) is 55.8 cm³/mol. The minimum Gasteiger partial charge on any atom is -0.411 e. The van der Waals surface area contributed by atoms with Gasteiger partial charge < -0.3 is 10.5 Å². The Hall–Kier alpha value is -1.47. The van der Waals surface area contributed by atoms with Crippen LogP contribution in [-0.4, -0.2) is 20.0 Å². The lowest BCUT2D eigenvalue weighted by Crippen LogP contribution is -1.94. The molecule has 0 bridgehead atoms. The van der Waals surface area contributed by atoms with Gasteiger partial charge in [-0.15, -0.1) is 5.10 Å². The minimum absolute atomic E-state index is 0.380. The van der Waals surface area contributed by atoms with E-state index in [4.69, 9.17) is 10.5 Å². The Labute approximate surface area is 90.7 Å². The fourth-order valence-electron chi connectivity index (χ4n) is 1.13. The molecule has 2 N–H and O–H groups in total. The van der Waals surface area contributed by atoms with Crippen LogP contribution >= 0.6 is 11.3 Å². The van der Waals surface area contributed by atoms with Gasteiger partial charge in [0.25, 0.3) is 0 Å². The highest BCUT2D eigenvalue weighted by atomic mass is 32.1. The lowest BCUT2D eigenvalue weighted by atomic mass is 10.5. The fraction of sp³-hybridized carbons (Fsp3) is 0.375. The molecule has 0 aromatic carbocycles. The number of aromatic nitrogens is 4. The molecule has 0 amide bonds. The summed E-state index contributed by atoms with van der Waals surface area (Å²) in [6, 6.07) is 1.84. The molecule has 0 spiro atoms. The Morgan fingerprint density at radius 1 is 1.53 bits per heavy atom. The third-order valence-corrected chi connectivity index (χ3v) is 2.60. The van der Waals surface area contributed by atoms with Crippen LogP contribution < -0.4 is 10.5 Å². The fourth-order valence-corrected chi connectivity index (χ4v) is 1.71. The van der Waals surface area contributed by atoms with E-state index in [1.165, 1.54) is 11.3 Å². The molecule has 0 aliphatic heterocycles. The van der Waals surface area contributed by atoms with E-state index >= 15 is 0 Å². The van der Waals surface area contributed by atoms with Crippen molar-refractivity contribution in [3.63, 3.8) is 0 Å². The summed E-state index contributed by atoms with van der Waals surface area (Å²) < 4.78 is 7.15. The molecule has 7 heteroatoms. The summed E-state index contributed by atoms with van der Waals surface area (Å²) >= 11 is 1.34. The van der Waals surface area contributed by atoms with Crippen molar-refractivity contribution in [2.24, 2.45) is 12.8 Å². The minimum atomic E-state index is 0.380. The molecule has 0 radical (unpaired) electrons. The van der Waals surface area contributed by atoms with Crippen LogP contribution in [-0.2, 0) is 13.6 Å². The molecule has 15 heavy (non-hydrogen) atoms. The Balaban J connectivity index is 2.17. The smallest absolute Gasteiger partial charge is 0.300 e. The summed E-state index contributed by atoms with van der Waals surface area (Å²) in [5, 5.41) is 13.1. The second-order valence-electron chi connectivity index (χ2n) is 3.02. The van der Waals surface area contributed by atoms with Gasteiger partial charge in [0.1, 0.15) is 5.01 Å². The Bertz CT molecular complexity index is 463. The van der Waals surface area contributed by atoms with E-state index in [1.807, 2.05) is 20.0 Å². The number of ether oxygens (including phenoxy) is 1. The zero-order valence-electron chi connectivity index (χ0n) is 8.47. The monoisotopic (exact) mass is 225 g/mol. The normalized spacial score (nSPS) is 10.6. The average Bonchev–Trinajstić information content (AvgIpc) is 2.75. The molecule has 2 rings (SSSR count). The highest BCUT2D eigenvalue weighted by Crippen LogP contribution is 2.24. The predicted octanol–water partition coefficient (Wildman–Crippen LogP) is 0.831. The summed E-state index contributed by atoms with van der Waals surface area (Å²) in [6.07, 6.45) is 0. The standard InChI is InChI=1S/C8H11N5OS/c1-5-3-7(13(2)12-5)14-8-11-10-6(4-9)15-8/h3H,4,9H2,1-2H3. The highest BCUT2D eigenvalue weighted by Gasteiger charge is 2.08. The Kier molecular flexibility index (Phi) is 2.65. The Morgan fingerprint density at radius 2 is 2.33 bits per heavy atom. The largest absolute Gasteiger partial charge is 0.411 e. The van der Waals surface area contributed by atoms with Crippen molar-refractivity contribution in [1.82, 2.24) is 20.0 Å². The van der Waals surface area contributed by atoms with E-state index in [9.17, 15) is 0 Å². The first-order chi connectivity index (χ1) is 7.19. The molecule has 0 aliphatic carbocycles. The molecule has 2 aromatic rings. The lowest BCUT2D eigenvalue weighted by Gasteiger charge is -1.98. The van der Waals surface area contributed by atoms with Crippen LogP contribution in [0.3, 0.4) is 0 Å². The number of nitrogens with two attached hydrogens (primary N) is 1. The van der Waals surface area contributed by atoms with Gasteiger partial charge in [-0.05, 0) is 6.92 Å². The molecule has 0 fully saturated rings. The van der Waals surface area contributed by atoms with Gasteiger partial charge in [-0.25, -0.2) is 4.68 Å². The molecule has 2 aromatic heterocycles. The van der Waals surface area contributed by atoms with Gasteiger partial charge >= 0.3 is 5.19 Å². The second-order valence-corrected chi connectivity index (χ2v) is 4.04. The first kappa shape index (κ1) is 10.1. The van der Waals surface area contributed by atoms with Gasteiger partial charge in [0.15, 0.2) is 0 Å². The first-order valence-electron chi connectivity index (χ1n) is 4.40. The summed E-state index contributed by atoms with van der Waals surface area (Å²) in [5.74, 6) is 0.646. The van der Waals surface area contributed by atoms with Crippen LogP contribution in [0.15, 0.2) is 6.07 Å². The van der Waals surface area contributed by atoms with Crippen molar-refractivity contribution in [3.8, 4) is 11.1 Å². The second kappa shape index (κ2) is 3.95. The lowest BCUT2D eigenvalue weighted by molar-refractivity contribution is 0.424. The molecule has 0 saturated heterocycles. The van der Waals surface area contributed by atoms with Crippen molar-refractivity contribution < 1.29 is 4.74 Å². The van der Waals surface area contributed by atoms with E-state index in [2.05, 4.69) is 15.3 Å². The summed E-state index contributed by atoms with van der Waals surface area (Å²) in [4.78, 5) is 0. The van der Waals surface area contributed by atoms with Crippen LogP contribution in [0, 0.1) is 6.92 Å². The van der Waals surface area contributed by atoms with Gasteiger partial charge in [0, 0.05) is 19.7 Å². The van der Waals surface area contributed by atoms with Crippen molar-refractivity contribution >= 4 is 11.3 Å². The van der Waals surface area contributed by atoms with Gasteiger partial charge in [-0.2, -0.15) is 5.10 Å². The summed E-state index contributed by atoms with van der Waals surface area (Å²) in [7, 11) is 1.81. The maximum atomic E-state index is 5.50. The number of aryl methyl sites for hydroxylation is 2. The van der Waals surface area contributed by atoms with Crippen LogP contribution in [0.25, 0.3) is 0 Å². The zero-order valence-corrected chi connectivity index (χ0v) is 9.28. The van der Waals surface area contributed by atoms with E-state index < -0.39 is 0 Å². The Morgan fingerprint density at radius 3 is 2.87 bits per heavy atom. The van der Waals surface area contributed by atoms with E-state index in [0.717, 1.165) is 10.7 Å². The molecule has 0 aliphatic rings. The van der Waals surface area contributed by atoms with E-state index in [-0.39, 0.29) is 0 Å². The van der Waals surface area contributed by atoms with Gasteiger partial charge in [-0.3, -0.25) is 0 Å². The van der Waals surface area contributed by atoms with Crippen molar-refractivity contribution in [3.05, 3.63) is 16.8 Å². The molecule has 2 heterocycles. The summed E-state index contributed by atoms with van der Waals surface area (Å²) in [6.45, 7) is 2.28. The molecule has 6 nitrogen and oxygen atoms in total. The molecule has 80 valence electrons.